The molecular formula is C25H24FN5O4S. The fourth-order valence-corrected chi connectivity index (χ4v) is 4.79. The number of nitrogens with one attached hydrogen (secondary N) is 1. The standard InChI is InChI=1S/C25H24FN5O4S/c1-36(34,31-25(32)33)15-18-8-5-9-20(12-18)29-24-28-16-27-23(30-24)21-11-10-19(26)13-22(21)35-14-17-6-3-2-4-7-17/h2-13,16,36H,14-15H2,1H3,(H,31,34)(H,32,33)(H,27,28,29,30). The molecule has 1 aromatic heterocycles. The molecule has 0 aliphatic carbocycles. The molecule has 4 aromatic rings. The minimum absolute atomic E-state index is 0.106. The van der Waals surface area contributed by atoms with Gasteiger partial charge in [0.05, 0.1) is 5.56 Å². The number of hydrogen-bond acceptors (Lipinski definition) is 6. The molecule has 0 unspecified atom stereocenters. The van der Waals surface area contributed by atoms with Crippen LogP contribution < -0.4 is 10.1 Å². The lowest BCUT2D eigenvalue weighted by Gasteiger charge is -2.17. The molecule has 0 spiro atoms. The number of ether oxygens (including phenoxy) is 1. The summed E-state index contributed by atoms with van der Waals surface area (Å²) < 4.78 is 33.6. The number of rotatable bonds is 8. The Morgan fingerprint density at radius 3 is 2.61 bits per heavy atom. The Morgan fingerprint density at radius 1 is 1.06 bits per heavy atom. The summed E-state index contributed by atoms with van der Waals surface area (Å²) in [6.45, 7) is 0.251. The molecule has 4 rings (SSSR count). The van der Waals surface area contributed by atoms with E-state index < -0.39 is 22.0 Å². The quantitative estimate of drug-likeness (QED) is 0.234. The van der Waals surface area contributed by atoms with Crippen molar-refractivity contribution in [3.05, 3.63) is 96.1 Å². The highest BCUT2D eigenvalue weighted by molar-refractivity contribution is 7.98. The number of nitrogens with zero attached hydrogens (tertiary/aromatic N) is 4. The summed E-state index contributed by atoms with van der Waals surface area (Å²) in [5.74, 6) is 0.494. The van der Waals surface area contributed by atoms with E-state index in [1.807, 2.05) is 30.3 Å². The number of carboxylic acid groups (broad SMARTS) is 1. The van der Waals surface area contributed by atoms with Crippen molar-refractivity contribution in [3.8, 4) is 17.1 Å². The highest BCUT2D eigenvalue weighted by atomic mass is 32.3. The predicted octanol–water partition coefficient (Wildman–Crippen LogP) is 5.35. The van der Waals surface area contributed by atoms with E-state index in [0.29, 0.717) is 28.4 Å². The van der Waals surface area contributed by atoms with Gasteiger partial charge in [0.2, 0.25) is 5.95 Å². The maximum atomic E-state index is 14.0. The van der Waals surface area contributed by atoms with E-state index in [1.165, 1.54) is 24.7 Å². The number of amides is 1. The molecule has 0 radical (unpaired) electrons. The molecule has 1 amide bonds. The second kappa shape index (κ2) is 11.0. The molecule has 0 bridgehead atoms. The van der Waals surface area contributed by atoms with Crippen LogP contribution in [0.5, 0.6) is 5.75 Å². The molecule has 0 atom stereocenters. The third-order valence-electron chi connectivity index (χ3n) is 4.96. The van der Waals surface area contributed by atoms with Crippen molar-refractivity contribution in [2.45, 2.75) is 12.4 Å². The van der Waals surface area contributed by atoms with Gasteiger partial charge in [0.1, 0.15) is 24.5 Å². The van der Waals surface area contributed by atoms with Crippen LogP contribution in [-0.4, -0.2) is 37.0 Å². The molecule has 0 aliphatic rings. The minimum Gasteiger partial charge on any atom is -0.488 e. The molecule has 11 heteroatoms. The Labute approximate surface area is 208 Å². The van der Waals surface area contributed by atoms with Crippen molar-refractivity contribution in [2.24, 2.45) is 4.36 Å². The molecular weight excluding hydrogens is 485 g/mol. The largest absolute Gasteiger partial charge is 0.488 e. The van der Waals surface area contributed by atoms with Crippen LogP contribution >= 0.6 is 0 Å². The van der Waals surface area contributed by atoms with Gasteiger partial charge in [-0.3, -0.25) is 0 Å². The van der Waals surface area contributed by atoms with E-state index in [1.54, 1.807) is 30.3 Å². The molecule has 36 heavy (non-hydrogen) atoms. The normalized spacial score (nSPS) is 11.5. The summed E-state index contributed by atoms with van der Waals surface area (Å²) >= 11 is 0. The van der Waals surface area contributed by atoms with Crippen molar-refractivity contribution in [2.75, 3.05) is 11.6 Å². The van der Waals surface area contributed by atoms with E-state index in [9.17, 15) is 13.7 Å². The Balaban J connectivity index is 1.55. The van der Waals surface area contributed by atoms with Crippen LogP contribution in [0.3, 0.4) is 0 Å². The van der Waals surface area contributed by atoms with Crippen LogP contribution in [0.1, 0.15) is 11.1 Å². The average molecular weight is 510 g/mol. The molecule has 0 saturated heterocycles. The molecule has 1 heterocycles. The first-order valence-corrected chi connectivity index (χ1v) is 13.2. The highest BCUT2D eigenvalue weighted by Gasteiger charge is 2.13. The van der Waals surface area contributed by atoms with Crippen LogP contribution in [0.4, 0.5) is 20.8 Å². The number of hydrogen-bond donors (Lipinski definition) is 4. The first kappa shape index (κ1) is 24.9. The molecule has 186 valence electrons. The molecule has 3 aromatic carbocycles. The molecule has 9 nitrogen and oxygen atoms in total. The summed E-state index contributed by atoms with van der Waals surface area (Å²) in [5.41, 5.74) is 2.76. The number of thiol groups is 1. The van der Waals surface area contributed by atoms with Crippen LogP contribution in [0.25, 0.3) is 11.4 Å². The van der Waals surface area contributed by atoms with Crippen LogP contribution in [0.2, 0.25) is 0 Å². The van der Waals surface area contributed by atoms with E-state index in [2.05, 4.69) is 24.6 Å². The molecule has 3 N–H and O–H groups in total. The maximum absolute atomic E-state index is 14.0. The maximum Gasteiger partial charge on any atom is 0.437 e. The highest BCUT2D eigenvalue weighted by Crippen LogP contribution is 2.30. The topological polar surface area (TPSA) is 130 Å². The SMILES string of the molecule is C[SH](O)(Cc1cccc(Nc2ncnc(-c3ccc(F)cc3OCc3ccccc3)n2)c1)=NC(=O)O. The van der Waals surface area contributed by atoms with Gasteiger partial charge in [0.15, 0.2) is 5.82 Å². The van der Waals surface area contributed by atoms with Crippen molar-refractivity contribution < 1.29 is 23.6 Å². The third kappa shape index (κ3) is 6.90. The van der Waals surface area contributed by atoms with E-state index in [0.717, 1.165) is 5.56 Å². The van der Waals surface area contributed by atoms with Gasteiger partial charge in [-0.1, -0.05) is 52.6 Å². The lowest BCUT2D eigenvalue weighted by Crippen LogP contribution is -2.13. The number of anilines is 2. The summed E-state index contributed by atoms with van der Waals surface area (Å²) in [6.07, 6.45) is 1.37. The summed E-state index contributed by atoms with van der Waals surface area (Å²) in [5, 5.41) is 11.9. The fourth-order valence-electron chi connectivity index (χ4n) is 3.46. The van der Waals surface area contributed by atoms with E-state index in [-0.39, 0.29) is 18.3 Å². The Morgan fingerprint density at radius 2 is 1.83 bits per heavy atom. The predicted molar refractivity (Wildman–Crippen MR) is 137 cm³/mol. The molecule has 0 saturated carbocycles. The van der Waals surface area contributed by atoms with Gasteiger partial charge in [0, 0.05) is 17.5 Å². The Hall–Kier alpha value is -4.22. The van der Waals surface area contributed by atoms with Gasteiger partial charge in [-0.05, 0) is 41.6 Å². The van der Waals surface area contributed by atoms with Gasteiger partial charge >= 0.3 is 6.09 Å². The van der Waals surface area contributed by atoms with E-state index >= 15 is 0 Å². The Bertz CT molecular complexity index is 1430. The number of halogens is 1. The molecule has 0 aliphatic heterocycles. The monoisotopic (exact) mass is 509 g/mol. The van der Waals surface area contributed by atoms with E-state index in [4.69, 9.17) is 9.84 Å². The van der Waals surface area contributed by atoms with Gasteiger partial charge in [-0.2, -0.15) is 9.35 Å². The molecule has 0 fully saturated rings. The van der Waals surface area contributed by atoms with Crippen LogP contribution in [0, 0.1) is 5.82 Å². The van der Waals surface area contributed by atoms with Gasteiger partial charge < -0.3 is 19.7 Å². The lowest BCUT2D eigenvalue weighted by atomic mass is 10.1. The number of aromatic nitrogens is 3. The first-order chi connectivity index (χ1) is 17.3. The van der Waals surface area contributed by atoms with Crippen LogP contribution in [-0.2, 0) is 22.5 Å². The van der Waals surface area contributed by atoms with Gasteiger partial charge in [-0.25, -0.2) is 19.2 Å². The van der Waals surface area contributed by atoms with Gasteiger partial charge in [-0.15, -0.1) is 0 Å². The van der Waals surface area contributed by atoms with Crippen molar-refractivity contribution in [3.63, 3.8) is 0 Å². The zero-order valence-corrected chi connectivity index (χ0v) is 20.1. The van der Waals surface area contributed by atoms with Crippen molar-refractivity contribution in [1.82, 2.24) is 15.0 Å². The summed E-state index contributed by atoms with van der Waals surface area (Å²) in [4.78, 5) is 23.7. The summed E-state index contributed by atoms with van der Waals surface area (Å²) in [7, 11) is -3.00. The zero-order valence-electron chi connectivity index (χ0n) is 19.2. The number of carbonyl (C=O) groups is 1. The summed E-state index contributed by atoms with van der Waals surface area (Å²) in [6, 6.07) is 20.7. The van der Waals surface area contributed by atoms with Gasteiger partial charge in [0.25, 0.3) is 0 Å². The van der Waals surface area contributed by atoms with Crippen molar-refractivity contribution in [1.29, 1.82) is 0 Å². The lowest BCUT2D eigenvalue weighted by molar-refractivity contribution is 0.206. The number of benzene rings is 3. The first-order valence-electron chi connectivity index (χ1n) is 10.8. The average Bonchev–Trinajstić information content (AvgIpc) is 2.83. The third-order valence-corrected chi connectivity index (χ3v) is 6.53. The minimum atomic E-state index is -3.00. The smallest absolute Gasteiger partial charge is 0.437 e. The fraction of sp³-hybridized carbons (Fsp3) is 0.120. The van der Waals surface area contributed by atoms with Crippen molar-refractivity contribution >= 4 is 27.8 Å². The second-order valence-corrected chi connectivity index (χ2v) is 10.7. The Kier molecular flexibility index (Phi) is 7.62. The second-order valence-electron chi connectivity index (χ2n) is 8.00. The zero-order chi connectivity index (χ0) is 25.5. The van der Waals surface area contributed by atoms with Crippen LogP contribution in [0.15, 0.2) is 83.5 Å².